The molecule has 1 fully saturated rings. The number of rotatable bonds is 3. The summed E-state index contributed by atoms with van der Waals surface area (Å²) in [5, 5.41) is 9.12. The molecule has 20 heavy (non-hydrogen) atoms. The molecule has 1 aliphatic heterocycles. The molecule has 1 unspecified atom stereocenters. The maximum atomic E-state index is 12.3. The molecule has 1 N–H and O–H groups in total. The molecule has 6 heteroatoms. The van der Waals surface area contributed by atoms with Crippen LogP contribution in [0.2, 0.25) is 0 Å². The summed E-state index contributed by atoms with van der Waals surface area (Å²) in [6.45, 7) is 2.73. The zero-order valence-electron chi connectivity index (χ0n) is 11.1. The van der Waals surface area contributed by atoms with Crippen molar-refractivity contribution in [2.45, 2.75) is 19.4 Å². The van der Waals surface area contributed by atoms with Crippen molar-refractivity contribution in [3.05, 3.63) is 33.8 Å². The third kappa shape index (κ3) is 3.37. The first-order valence-electron chi connectivity index (χ1n) is 6.34. The number of halogens is 1. The Balaban J connectivity index is 2.09. The van der Waals surface area contributed by atoms with Gasteiger partial charge in [0.15, 0.2) is 6.04 Å². The Morgan fingerprint density at radius 2 is 2.25 bits per heavy atom. The van der Waals surface area contributed by atoms with Crippen molar-refractivity contribution >= 4 is 27.8 Å². The van der Waals surface area contributed by atoms with Gasteiger partial charge in [-0.3, -0.25) is 4.79 Å². The number of nitrogens with zero attached hydrogens (tertiary/aromatic N) is 1. The predicted octanol–water partition coefficient (Wildman–Crippen LogP) is 1.61. The SMILES string of the molecule is Cc1ccc(CC(=O)N2CCOCC2C(=O)O)cc1Br. The number of ether oxygens (including phenoxy) is 1. The van der Waals surface area contributed by atoms with E-state index in [1.165, 1.54) is 4.90 Å². The van der Waals surface area contributed by atoms with Gasteiger partial charge < -0.3 is 14.7 Å². The molecular formula is C14H16BrNO4. The number of hydrogen-bond donors (Lipinski definition) is 1. The van der Waals surface area contributed by atoms with Crippen molar-refractivity contribution in [1.82, 2.24) is 4.90 Å². The van der Waals surface area contributed by atoms with Crippen LogP contribution in [0.4, 0.5) is 0 Å². The monoisotopic (exact) mass is 341 g/mol. The van der Waals surface area contributed by atoms with E-state index in [9.17, 15) is 9.59 Å². The molecule has 1 aromatic carbocycles. The first-order valence-corrected chi connectivity index (χ1v) is 7.13. The normalized spacial score (nSPS) is 18.9. The van der Waals surface area contributed by atoms with E-state index in [0.717, 1.165) is 15.6 Å². The number of amides is 1. The summed E-state index contributed by atoms with van der Waals surface area (Å²) in [5.41, 5.74) is 1.96. The number of hydrogen-bond acceptors (Lipinski definition) is 3. The van der Waals surface area contributed by atoms with Gasteiger partial charge in [-0.25, -0.2) is 4.79 Å². The van der Waals surface area contributed by atoms with Crippen LogP contribution in [0.15, 0.2) is 22.7 Å². The smallest absolute Gasteiger partial charge is 0.328 e. The summed E-state index contributed by atoms with van der Waals surface area (Å²) < 4.78 is 6.07. The number of carboxylic acids is 1. The lowest BCUT2D eigenvalue weighted by Gasteiger charge is -2.33. The number of carboxylic acid groups (broad SMARTS) is 1. The average Bonchev–Trinajstić information content (AvgIpc) is 2.43. The topological polar surface area (TPSA) is 66.8 Å². The fraction of sp³-hybridized carbons (Fsp3) is 0.429. The minimum atomic E-state index is -1.02. The Bertz CT molecular complexity index is 532. The molecule has 1 heterocycles. The van der Waals surface area contributed by atoms with Gasteiger partial charge in [0.1, 0.15) is 0 Å². The number of carbonyl (C=O) groups excluding carboxylic acids is 1. The van der Waals surface area contributed by atoms with Crippen molar-refractivity contribution in [2.24, 2.45) is 0 Å². The van der Waals surface area contributed by atoms with Crippen LogP contribution in [0.5, 0.6) is 0 Å². The standard InChI is InChI=1S/C14H16BrNO4/c1-9-2-3-10(6-11(9)15)7-13(17)16-4-5-20-8-12(16)14(18)19/h2-3,6,12H,4-5,7-8H2,1H3,(H,18,19). The van der Waals surface area contributed by atoms with Crippen LogP contribution < -0.4 is 0 Å². The van der Waals surface area contributed by atoms with Gasteiger partial charge in [0, 0.05) is 11.0 Å². The van der Waals surface area contributed by atoms with E-state index in [-0.39, 0.29) is 18.9 Å². The number of aryl methyl sites for hydroxylation is 1. The Kier molecular flexibility index (Phi) is 4.77. The van der Waals surface area contributed by atoms with E-state index < -0.39 is 12.0 Å². The fourth-order valence-electron chi connectivity index (χ4n) is 2.13. The molecule has 1 atom stereocenters. The minimum absolute atomic E-state index is 0.0542. The second-order valence-electron chi connectivity index (χ2n) is 4.78. The van der Waals surface area contributed by atoms with Crippen LogP contribution in [0.1, 0.15) is 11.1 Å². The highest BCUT2D eigenvalue weighted by atomic mass is 79.9. The summed E-state index contributed by atoms with van der Waals surface area (Å²) in [6, 6.07) is 4.82. The molecule has 0 aromatic heterocycles. The van der Waals surface area contributed by atoms with E-state index >= 15 is 0 Å². The van der Waals surface area contributed by atoms with Crippen molar-refractivity contribution in [3.63, 3.8) is 0 Å². The van der Waals surface area contributed by atoms with Gasteiger partial charge in [0.2, 0.25) is 5.91 Å². The number of aliphatic carboxylic acids is 1. The molecule has 2 rings (SSSR count). The van der Waals surface area contributed by atoms with Crippen molar-refractivity contribution in [3.8, 4) is 0 Å². The molecular weight excluding hydrogens is 326 g/mol. The van der Waals surface area contributed by atoms with Gasteiger partial charge in [-0.2, -0.15) is 0 Å². The highest BCUT2D eigenvalue weighted by Crippen LogP contribution is 2.19. The lowest BCUT2D eigenvalue weighted by Crippen LogP contribution is -2.53. The van der Waals surface area contributed by atoms with Gasteiger partial charge in [0.25, 0.3) is 0 Å². The predicted molar refractivity (Wildman–Crippen MR) is 76.5 cm³/mol. The molecule has 5 nitrogen and oxygen atoms in total. The molecule has 108 valence electrons. The molecule has 0 bridgehead atoms. The number of carbonyl (C=O) groups is 2. The number of morpholine rings is 1. The van der Waals surface area contributed by atoms with E-state index in [1.54, 1.807) is 0 Å². The molecule has 1 aromatic rings. The van der Waals surface area contributed by atoms with Gasteiger partial charge in [0.05, 0.1) is 19.6 Å². The third-order valence-electron chi connectivity index (χ3n) is 3.33. The van der Waals surface area contributed by atoms with E-state index in [2.05, 4.69) is 15.9 Å². The van der Waals surface area contributed by atoms with Gasteiger partial charge >= 0.3 is 5.97 Å². The highest BCUT2D eigenvalue weighted by Gasteiger charge is 2.32. The molecule has 0 radical (unpaired) electrons. The molecule has 1 aliphatic rings. The van der Waals surface area contributed by atoms with E-state index in [1.807, 2.05) is 25.1 Å². The van der Waals surface area contributed by atoms with Gasteiger partial charge in [-0.15, -0.1) is 0 Å². The first kappa shape index (κ1) is 15.0. The zero-order chi connectivity index (χ0) is 14.7. The third-order valence-corrected chi connectivity index (χ3v) is 4.18. The Labute approximate surface area is 125 Å². The number of benzene rings is 1. The quantitative estimate of drug-likeness (QED) is 0.906. The van der Waals surface area contributed by atoms with E-state index in [0.29, 0.717) is 13.2 Å². The maximum absolute atomic E-state index is 12.3. The van der Waals surface area contributed by atoms with Gasteiger partial charge in [-0.05, 0) is 24.1 Å². The van der Waals surface area contributed by atoms with Crippen LogP contribution in [-0.2, 0) is 20.7 Å². The largest absolute Gasteiger partial charge is 0.480 e. The van der Waals surface area contributed by atoms with Crippen LogP contribution in [0, 0.1) is 6.92 Å². The van der Waals surface area contributed by atoms with Crippen LogP contribution in [-0.4, -0.2) is 47.7 Å². The highest BCUT2D eigenvalue weighted by molar-refractivity contribution is 9.10. The minimum Gasteiger partial charge on any atom is -0.480 e. The summed E-state index contributed by atoms with van der Waals surface area (Å²) in [6.07, 6.45) is 0.197. The van der Waals surface area contributed by atoms with Crippen molar-refractivity contribution in [2.75, 3.05) is 19.8 Å². The lowest BCUT2D eigenvalue weighted by molar-refractivity contribution is -0.158. The van der Waals surface area contributed by atoms with Crippen LogP contribution in [0.25, 0.3) is 0 Å². The summed E-state index contributed by atoms with van der Waals surface area (Å²) in [4.78, 5) is 24.8. The lowest BCUT2D eigenvalue weighted by atomic mass is 10.1. The molecule has 1 saturated heterocycles. The molecule has 0 spiro atoms. The van der Waals surface area contributed by atoms with Crippen LogP contribution in [0.3, 0.4) is 0 Å². The van der Waals surface area contributed by atoms with E-state index in [4.69, 9.17) is 9.84 Å². The molecule has 0 aliphatic carbocycles. The summed E-state index contributed by atoms with van der Waals surface area (Å²) in [7, 11) is 0. The summed E-state index contributed by atoms with van der Waals surface area (Å²) in [5.74, 6) is -1.21. The summed E-state index contributed by atoms with van der Waals surface area (Å²) >= 11 is 3.43. The van der Waals surface area contributed by atoms with Gasteiger partial charge in [-0.1, -0.05) is 28.1 Å². The van der Waals surface area contributed by atoms with Crippen LogP contribution >= 0.6 is 15.9 Å². The zero-order valence-corrected chi connectivity index (χ0v) is 12.7. The van der Waals surface area contributed by atoms with Crippen molar-refractivity contribution < 1.29 is 19.4 Å². The Morgan fingerprint density at radius 1 is 1.50 bits per heavy atom. The average molecular weight is 342 g/mol. The Morgan fingerprint density at radius 3 is 2.90 bits per heavy atom. The maximum Gasteiger partial charge on any atom is 0.328 e. The molecule has 1 amide bonds. The Hall–Kier alpha value is -1.40. The second kappa shape index (κ2) is 6.37. The fourth-order valence-corrected chi connectivity index (χ4v) is 2.56. The second-order valence-corrected chi connectivity index (χ2v) is 5.63. The first-order chi connectivity index (χ1) is 9.49. The molecule has 0 saturated carbocycles. The van der Waals surface area contributed by atoms with Crippen molar-refractivity contribution in [1.29, 1.82) is 0 Å².